The van der Waals surface area contributed by atoms with Crippen LogP contribution in [0.4, 0.5) is 0 Å². The average molecular weight is 240 g/mol. The Hall–Kier alpha value is -1.94. The summed E-state index contributed by atoms with van der Waals surface area (Å²) in [5.74, 6) is 0. The van der Waals surface area contributed by atoms with E-state index in [2.05, 4.69) is 51.7 Å². The third-order valence-electron chi connectivity index (χ3n) is 3.16. The number of likely N-dealkylation sites (N-methyl/N-ethyl adjacent to an activating group) is 1. The molecule has 0 aliphatic rings. The lowest BCUT2D eigenvalue weighted by atomic mass is 10.2. The summed E-state index contributed by atoms with van der Waals surface area (Å²) in [6.45, 7) is 1.92. The fourth-order valence-corrected chi connectivity index (χ4v) is 2.27. The molecule has 92 valence electrons. The zero-order valence-electron chi connectivity index (χ0n) is 10.7. The number of para-hydroxylation sites is 1. The van der Waals surface area contributed by atoms with Gasteiger partial charge in [-0.25, -0.2) is 4.98 Å². The molecule has 0 atom stereocenters. The Bertz CT molecular complexity index is 631. The molecule has 0 radical (unpaired) electrons. The highest BCUT2D eigenvalue weighted by molar-refractivity contribution is 6.04. The molecule has 0 saturated carbocycles. The highest BCUT2D eigenvalue weighted by Gasteiger charge is 2.11. The van der Waals surface area contributed by atoms with Crippen LogP contribution in [-0.4, -0.2) is 40.1 Å². The van der Waals surface area contributed by atoms with Crippen molar-refractivity contribution in [1.82, 2.24) is 19.4 Å². The van der Waals surface area contributed by atoms with E-state index in [1.165, 1.54) is 10.9 Å². The number of hydrogen-bond donors (Lipinski definition) is 0. The normalized spacial score (nSPS) is 11.7. The van der Waals surface area contributed by atoms with Crippen LogP contribution in [-0.2, 0) is 6.54 Å². The second-order valence-corrected chi connectivity index (χ2v) is 4.70. The summed E-state index contributed by atoms with van der Waals surface area (Å²) in [6.07, 6.45) is 3.51. The number of benzene rings is 1. The molecule has 0 bridgehead atoms. The van der Waals surface area contributed by atoms with Gasteiger partial charge in [-0.05, 0) is 20.2 Å². The Balaban J connectivity index is 2.24. The lowest BCUT2D eigenvalue weighted by molar-refractivity contribution is 0.389. The van der Waals surface area contributed by atoms with Crippen LogP contribution < -0.4 is 0 Å². The molecule has 1 aromatic carbocycles. The Morgan fingerprint density at radius 2 is 1.89 bits per heavy atom. The maximum atomic E-state index is 4.48. The highest BCUT2D eigenvalue weighted by Crippen LogP contribution is 2.25. The van der Waals surface area contributed by atoms with E-state index in [9.17, 15) is 0 Å². The molecular weight excluding hydrogens is 224 g/mol. The molecule has 3 rings (SSSR count). The van der Waals surface area contributed by atoms with E-state index in [4.69, 9.17) is 0 Å². The molecule has 4 heteroatoms. The van der Waals surface area contributed by atoms with Gasteiger partial charge in [-0.15, -0.1) is 0 Å². The van der Waals surface area contributed by atoms with Crippen LogP contribution in [0.5, 0.6) is 0 Å². The van der Waals surface area contributed by atoms with Crippen molar-refractivity contribution in [2.45, 2.75) is 6.54 Å². The Morgan fingerprint density at radius 1 is 1.11 bits per heavy atom. The van der Waals surface area contributed by atoms with E-state index in [1.807, 2.05) is 6.07 Å². The number of aromatic nitrogens is 3. The van der Waals surface area contributed by atoms with Gasteiger partial charge in [0.1, 0.15) is 5.52 Å². The first-order valence-corrected chi connectivity index (χ1v) is 6.10. The first kappa shape index (κ1) is 11.2. The van der Waals surface area contributed by atoms with Crippen LogP contribution in [0.25, 0.3) is 22.1 Å². The largest absolute Gasteiger partial charge is 0.323 e. The van der Waals surface area contributed by atoms with Gasteiger partial charge >= 0.3 is 0 Å². The van der Waals surface area contributed by atoms with Crippen molar-refractivity contribution >= 4 is 22.1 Å². The van der Waals surface area contributed by atoms with Crippen molar-refractivity contribution in [2.75, 3.05) is 20.6 Å². The Labute approximate surface area is 106 Å². The molecule has 4 nitrogen and oxygen atoms in total. The van der Waals surface area contributed by atoms with Gasteiger partial charge in [0.25, 0.3) is 0 Å². The molecule has 0 unspecified atom stereocenters. The minimum atomic E-state index is 0.926. The van der Waals surface area contributed by atoms with Crippen molar-refractivity contribution in [1.29, 1.82) is 0 Å². The van der Waals surface area contributed by atoms with Gasteiger partial charge in [-0.3, -0.25) is 4.98 Å². The lowest BCUT2D eigenvalue weighted by Crippen LogP contribution is -2.18. The molecule has 0 aliphatic carbocycles. The average Bonchev–Trinajstić information content (AvgIpc) is 2.71. The van der Waals surface area contributed by atoms with Crippen molar-refractivity contribution < 1.29 is 0 Å². The Kier molecular flexibility index (Phi) is 2.72. The van der Waals surface area contributed by atoms with Gasteiger partial charge < -0.3 is 9.47 Å². The first-order chi connectivity index (χ1) is 8.77. The van der Waals surface area contributed by atoms with Crippen LogP contribution in [0.3, 0.4) is 0 Å². The molecule has 0 amide bonds. The van der Waals surface area contributed by atoms with E-state index < -0.39 is 0 Å². The first-order valence-electron chi connectivity index (χ1n) is 6.10. The van der Waals surface area contributed by atoms with Gasteiger partial charge in [-0.1, -0.05) is 18.2 Å². The number of fused-ring (bicyclic) bond motifs is 3. The predicted octanol–water partition coefficient (Wildman–Crippen LogP) is 2.15. The van der Waals surface area contributed by atoms with E-state index in [0.29, 0.717) is 0 Å². The molecule has 0 fully saturated rings. The fourth-order valence-electron chi connectivity index (χ4n) is 2.27. The molecule has 3 aromatic rings. The maximum absolute atomic E-state index is 4.48. The summed E-state index contributed by atoms with van der Waals surface area (Å²) in [4.78, 5) is 11.1. The third kappa shape index (κ3) is 1.75. The van der Waals surface area contributed by atoms with Crippen LogP contribution in [0.1, 0.15) is 0 Å². The van der Waals surface area contributed by atoms with Crippen molar-refractivity contribution in [2.24, 2.45) is 0 Å². The molecule has 0 saturated heterocycles. The summed E-state index contributed by atoms with van der Waals surface area (Å²) >= 11 is 0. The fraction of sp³-hybridized carbons (Fsp3) is 0.286. The SMILES string of the molecule is CN(C)CCn1c2ccccc2c2nccnc21. The molecular formula is C14H16N4. The van der Waals surface area contributed by atoms with Gasteiger partial charge in [0.2, 0.25) is 0 Å². The molecule has 18 heavy (non-hydrogen) atoms. The second kappa shape index (κ2) is 4.38. The smallest absolute Gasteiger partial charge is 0.159 e. The monoisotopic (exact) mass is 240 g/mol. The lowest BCUT2D eigenvalue weighted by Gasteiger charge is -2.11. The van der Waals surface area contributed by atoms with Gasteiger partial charge in [0, 0.05) is 30.9 Å². The van der Waals surface area contributed by atoms with Crippen LogP contribution in [0.15, 0.2) is 36.7 Å². The molecule has 2 heterocycles. The zero-order chi connectivity index (χ0) is 12.5. The van der Waals surface area contributed by atoms with E-state index in [-0.39, 0.29) is 0 Å². The summed E-state index contributed by atoms with van der Waals surface area (Å²) in [5, 5.41) is 1.18. The van der Waals surface area contributed by atoms with Crippen molar-refractivity contribution in [3.05, 3.63) is 36.7 Å². The van der Waals surface area contributed by atoms with Crippen LogP contribution in [0, 0.1) is 0 Å². The molecule has 0 N–H and O–H groups in total. The summed E-state index contributed by atoms with van der Waals surface area (Å²) < 4.78 is 2.25. The Morgan fingerprint density at radius 3 is 2.72 bits per heavy atom. The summed E-state index contributed by atoms with van der Waals surface area (Å²) in [6, 6.07) is 8.35. The number of nitrogens with zero attached hydrogens (tertiary/aromatic N) is 4. The van der Waals surface area contributed by atoms with E-state index in [0.717, 1.165) is 24.3 Å². The highest BCUT2D eigenvalue weighted by atomic mass is 15.1. The van der Waals surface area contributed by atoms with Gasteiger partial charge in [-0.2, -0.15) is 0 Å². The van der Waals surface area contributed by atoms with Crippen molar-refractivity contribution in [3.63, 3.8) is 0 Å². The second-order valence-electron chi connectivity index (χ2n) is 4.70. The minimum Gasteiger partial charge on any atom is -0.323 e. The molecule has 0 aliphatic heterocycles. The van der Waals surface area contributed by atoms with Crippen LogP contribution in [0.2, 0.25) is 0 Å². The molecule has 2 aromatic heterocycles. The number of hydrogen-bond acceptors (Lipinski definition) is 3. The minimum absolute atomic E-state index is 0.926. The van der Waals surface area contributed by atoms with Crippen LogP contribution >= 0.6 is 0 Å². The molecule has 0 spiro atoms. The summed E-state index contributed by atoms with van der Waals surface area (Å²) in [5.41, 5.74) is 3.17. The van der Waals surface area contributed by atoms with E-state index in [1.54, 1.807) is 12.4 Å². The maximum Gasteiger partial charge on any atom is 0.159 e. The standard InChI is InChI=1S/C14H16N4/c1-17(2)9-10-18-12-6-4-3-5-11(12)13-14(18)16-8-7-15-13/h3-8H,9-10H2,1-2H3. The third-order valence-corrected chi connectivity index (χ3v) is 3.16. The predicted molar refractivity (Wildman–Crippen MR) is 73.6 cm³/mol. The quantitative estimate of drug-likeness (QED) is 0.703. The van der Waals surface area contributed by atoms with E-state index >= 15 is 0 Å². The van der Waals surface area contributed by atoms with Gasteiger partial charge in [0.05, 0.1) is 5.52 Å². The zero-order valence-corrected chi connectivity index (χ0v) is 10.7. The topological polar surface area (TPSA) is 34.0 Å². The van der Waals surface area contributed by atoms with Gasteiger partial charge in [0.15, 0.2) is 5.65 Å². The number of rotatable bonds is 3. The summed E-state index contributed by atoms with van der Waals surface area (Å²) in [7, 11) is 4.17. The van der Waals surface area contributed by atoms with Crippen molar-refractivity contribution in [3.8, 4) is 0 Å².